The van der Waals surface area contributed by atoms with Crippen molar-refractivity contribution in [3.63, 3.8) is 0 Å². The summed E-state index contributed by atoms with van der Waals surface area (Å²) < 4.78 is 5.60. The van der Waals surface area contributed by atoms with Gasteiger partial charge in [-0.05, 0) is 43.5 Å². The number of carbonyl (C=O) groups is 1. The van der Waals surface area contributed by atoms with E-state index in [2.05, 4.69) is 12.2 Å². The summed E-state index contributed by atoms with van der Waals surface area (Å²) in [7, 11) is 0. The summed E-state index contributed by atoms with van der Waals surface area (Å²) in [6, 6.07) is 7.43. The van der Waals surface area contributed by atoms with Crippen LogP contribution in [0.25, 0.3) is 0 Å². The van der Waals surface area contributed by atoms with Crippen molar-refractivity contribution in [2.24, 2.45) is 0 Å². The molecule has 5 heteroatoms. The standard InChI is InChI=1S/C17H25ClN2O2/c1-2-3-13-22-15-9-7-14(8-10-15)19-17(21)16(18)20-11-5-4-6-12-20/h7-10,16H,2-6,11-13H2,1H3,(H,19,21)/t16-/m1/s1. The van der Waals surface area contributed by atoms with Gasteiger partial charge in [0.1, 0.15) is 5.75 Å². The van der Waals surface area contributed by atoms with Crippen LogP contribution >= 0.6 is 11.6 Å². The van der Waals surface area contributed by atoms with E-state index in [1.165, 1.54) is 6.42 Å². The summed E-state index contributed by atoms with van der Waals surface area (Å²) in [5.74, 6) is 0.660. The summed E-state index contributed by atoms with van der Waals surface area (Å²) in [5, 5.41) is 2.87. The number of nitrogens with one attached hydrogen (secondary N) is 1. The lowest BCUT2D eigenvalue weighted by Gasteiger charge is -2.29. The van der Waals surface area contributed by atoms with Crippen molar-refractivity contribution in [1.82, 2.24) is 4.90 Å². The normalized spacial score (nSPS) is 17.0. The molecule has 4 nitrogen and oxygen atoms in total. The molecule has 1 heterocycles. The highest BCUT2D eigenvalue weighted by Crippen LogP contribution is 2.19. The first-order valence-corrected chi connectivity index (χ1v) is 8.56. The average Bonchev–Trinajstić information content (AvgIpc) is 2.57. The van der Waals surface area contributed by atoms with E-state index in [0.717, 1.165) is 56.8 Å². The third kappa shape index (κ3) is 5.18. The van der Waals surface area contributed by atoms with Gasteiger partial charge in [0.15, 0.2) is 5.50 Å². The molecule has 2 rings (SSSR count). The maximum absolute atomic E-state index is 12.2. The van der Waals surface area contributed by atoms with Crippen LogP contribution in [0.4, 0.5) is 5.69 Å². The number of halogens is 1. The zero-order chi connectivity index (χ0) is 15.8. The van der Waals surface area contributed by atoms with Crippen molar-refractivity contribution < 1.29 is 9.53 Å². The number of carbonyl (C=O) groups excluding carboxylic acids is 1. The molecule has 1 N–H and O–H groups in total. The summed E-state index contributed by atoms with van der Waals surface area (Å²) in [6.45, 7) is 4.64. The predicted molar refractivity (Wildman–Crippen MR) is 90.5 cm³/mol. The van der Waals surface area contributed by atoms with Gasteiger partial charge in [-0.25, -0.2) is 0 Å². The molecule has 0 bridgehead atoms. The highest BCUT2D eigenvalue weighted by Gasteiger charge is 2.24. The van der Waals surface area contributed by atoms with Crippen molar-refractivity contribution in [1.29, 1.82) is 0 Å². The molecule has 1 aromatic rings. The zero-order valence-electron chi connectivity index (χ0n) is 13.2. The predicted octanol–water partition coefficient (Wildman–Crippen LogP) is 3.85. The number of rotatable bonds is 7. The molecule has 0 radical (unpaired) electrons. The summed E-state index contributed by atoms with van der Waals surface area (Å²) in [4.78, 5) is 14.2. The Bertz CT molecular complexity index is 458. The van der Waals surface area contributed by atoms with Crippen LogP contribution in [0.1, 0.15) is 39.0 Å². The molecule has 122 valence electrons. The smallest absolute Gasteiger partial charge is 0.257 e. The Morgan fingerprint density at radius 3 is 2.59 bits per heavy atom. The number of unbranched alkanes of at least 4 members (excludes halogenated alkanes) is 1. The monoisotopic (exact) mass is 324 g/mol. The molecule has 0 spiro atoms. The molecule has 1 saturated heterocycles. The van der Waals surface area contributed by atoms with Gasteiger partial charge in [0.05, 0.1) is 6.61 Å². The second-order valence-electron chi connectivity index (χ2n) is 5.65. The molecule has 1 fully saturated rings. The maximum atomic E-state index is 12.2. The van der Waals surface area contributed by atoms with Crippen LogP contribution in [0.15, 0.2) is 24.3 Å². The van der Waals surface area contributed by atoms with E-state index < -0.39 is 5.50 Å². The van der Waals surface area contributed by atoms with Gasteiger partial charge < -0.3 is 10.1 Å². The van der Waals surface area contributed by atoms with E-state index >= 15 is 0 Å². The topological polar surface area (TPSA) is 41.6 Å². The molecule has 0 saturated carbocycles. The van der Waals surface area contributed by atoms with Crippen molar-refractivity contribution >= 4 is 23.2 Å². The Morgan fingerprint density at radius 2 is 1.95 bits per heavy atom. The van der Waals surface area contributed by atoms with E-state index in [9.17, 15) is 4.79 Å². The summed E-state index contributed by atoms with van der Waals surface area (Å²) >= 11 is 6.26. The van der Waals surface area contributed by atoms with E-state index in [-0.39, 0.29) is 5.91 Å². The van der Waals surface area contributed by atoms with Crippen LogP contribution in [0, 0.1) is 0 Å². The van der Waals surface area contributed by atoms with Crippen LogP contribution < -0.4 is 10.1 Å². The first-order valence-electron chi connectivity index (χ1n) is 8.12. The number of piperidine rings is 1. The third-order valence-electron chi connectivity index (χ3n) is 3.82. The lowest BCUT2D eigenvalue weighted by Crippen LogP contribution is -2.43. The summed E-state index contributed by atoms with van der Waals surface area (Å²) in [5.41, 5.74) is 0.149. The van der Waals surface area contributed by atoms with Gasteiger partial charge in [0.2, 0.25) is 0 Å². The summed E-state index contributed by atoms with van der Waals surface area (Å²) in [6.07, 6.45) is 5.60. The van der Waals surface area contributed by atoms with Crippen LogP contribution in [-0.2, 0) is 4.79 Å². The lowest BCUT2D eigenvalue weighted by atomic mass is 10.1. The van der Waals surface area contributed by atoms with Crippen molar-refractivity contribution in [3.05, 3.63) is 24.3 Å². The highest BCUT2D eigenvalue weighted by atomic mass is 35.5. The molecule has 22 heavy (non-hydrogen) atoms. The van der Waals surface area contributed by atoms with Crippen molar-refractivity contribution in [3.8, 4) is 5.75 Å². The van der Waals surface area contributed by atoms with Gasteiger partial charge in [-0.15, -0.1) is 0 Å². The number of hydrogen-bond acceptors (Lipinski definition) is 3. The Hall–Kier alpha value is -1.26. The molecule has 1 aliphatic heterocycles. The van der Waals surface area contributed by atoms with Crippen LogP contribution in [0.2, 0.25) is 0 Å². The van der Waals surface area contributed by atoms with E-state index in [1.54, 1.807) is 0 Å². The lowest BCUT2D eigenvalue weighted by molar-refractivity contribution is -0.119. The molecular formula is C17H25ClN2O2. The van der Waals surface area contributed by atoms with E-state index in [1.807, 2.05) is 29.2 Å². The zero-order valence-corrected chi connectivity index (χ0v) is 13.9. The number of likely N-dealkylation sites (tertiary alicyclic amines) is 1. The number of benzene rings is 1. The maximum Gasteiger partial charge on any atom is 0.257 e. The van der Waals surface area contributed by atoms with Crippen LogP contribution in [0.5, 0.6) is 5.75 Å². The average molecular weight is 325 g/mol. The number of nitrogens with zero attached hydrogens (tertiary/aromatic N) is 1. The Labute approximate surface area is 137 Å². The molecule has 0 aliphatic carbocycles. The molecule has 0 aromatic heterocycles. The minimum absolute atomic E-state index is 0.164. The fraction of sp³-hybridized carbons (Fsp3) is 0.588. The quantitative estimate of drug-likeness (QED) is 0.470. The van der Waals surface area contributed by atoms with Gasteiger partial charge in [-0.2, -0.15) is 0 Å². The molecule has 1 amide bonds. The number of alkyl halides is 1. The van der Waals surface area contributed by atoms with Gasteiger partial charge >= 0.3 is 0 Å². The Morgan fingerprint density at radius 1 is 1.27 bits per heavy atom. The first kappa shape index (κ1) is 17.1. The van der Waals surface area contributed by atoms with Gasteiger partial charge in [0.25, 0.3) is 5.91 Å². The van der Waals surface area contributed by atoms with Gasteiger partial charge in [0, 0.05) is 18.8 Å². The van der Waals surface area contributed by atoms with Gasteiger partial charge in [-0.3, -0.25) is 9.69 Å². The third-order valence-corrected chi connectivity index (χ3v) is 4.29. The number of ether oxygens (including phenoxy) is 1. The molecular weight excluding hydrogens is 300 g/mol. The Kier molecular flexibility index (Phi) is 7.00. The molecule has 1 aliphatic rings. The van der Waals surface area contributed by atoms with Gasteiger partial charge in [-0.1, -0.05) is 31.4 Å². The van der Waals surface area contributed by atoms with Crippen LogP contribution in [0.3, 0.4) is 0 Å². The Balaban J connectivity index is 1.82. The number of hydrogen-bond donors (Lipinski definition) is 1. The fourth-order valence-electron chi connectivity index (χ4n) is 2.48. The van der Waals surface area contributed by atoms with Crippen molar-refractivity contribution in [2.45, 2.75) is 44.5 Å². The first-order chi connectivity index (χ1) is 10.7. The second-order valence-corrected chi connectivity index (χ2v) is 6.06. The van der Waals surface area contributed by atoms with E-state index in [0.29, 0.717) is 0 Å². The van der Waals surface area contributed by atoms with Crippen LogP contribution in [-0.4, -0.2) is 36.0 Å². The largest absolute Gasteiger partial charge is 0.494 e. The SMILES string of the molecule is CCCCOc1ccc(NC(=O)[C@H](Cl)N2CCCCC2)cc1. The number of anilines is 1. The second kappa shape index (κ2) is 9.01. The molecule has 1 atom stereocenters. The molecule has 1 aromatic carbocycles. The minimum atomic E-state index is -0.596. The molecule has 0 unspecified atom stereocenters. The van der Waals surface area contributed by atoms with Crippen molar-refractivity contribution in [2.75, 3.05) is 25.0 Å². The fourth-order valence-corrected chi connectivity index (χ4v) is 2.73. The van der Waals surface area contributed by atoms with E-state index in [4.69, 9.17) is 16.3 Å². The minimum Gasteiger partial charge on any atom is -0.494 e. The highest BCUT2D eigenvalue weighted by molar-refractivity contribution is 6.32. The number of amides is 1.